The van der Waals surface area contributed by atoms with Gasteiger partial charge in [-0.3, -0.25) is 4.79 Å². The molecule has 4 nitrogen and oxygen atoms in total. The summed E-state index contributed by atoms with van der Waals surface area (Å²) >= 11 is 0. The number of amides is 1. The average Bonchev–Trinajstić information content (AvgIpc) is 2.91. The summed E-state index contributed by atoms with van der Waals surface area (Å²) in [6.45, 7) is 6.14. The van der Waals surface area contributed by atoms with Crippen molar-refractivity contribution < 1.29 is 9.53 Å². The van der Waals surface area contributed by atoms with Gasteiger partial charge >= 0.3 is 0 Å². The Bertz CT molecular complexity index is 713. The fourth-order valence-corrected chi connectivity index (χ4v) is 3.06. The molecule has 1 aliphatic heterocycles. The van der Waals surface area contributed by atoms with Crippen molar-refractivity contribution in [1.82, 2.24) is 10.2 Å². The van der Waals surface area contributed by atoms with E-state index in [0.717, 1.165) is 43.9 Å². The zero-order valence-corrected chi connectivity index (χ0v) is 16.1. The Kier molecular flexibility index (Phi) is 7.95. The lowest BCUT2D eigenvalue weighted by molar-refractivity contribution is -0.130. The van der Waals surface area contributed by atoms with Gasteiger partial charge in [-0.15, -0.1) is 12.4 Å². The van der Waals surface area contributed by atoms with Gasteiger partial charge in [-0.1, -0.05) is 36.4 Å². The van der Waals surface area contributed by atoms with Crippen molar-refractivity contribution in [2.24, 2.45) is 0 Å². The lowest BCUT2D eigenvalue weighted by atomic mass is 10.1. The second kappa shape index (κ2) is 10.2. The number of halogens is 1. The third-order valence-corrected chi connectivity index (χ3v) is 4.60. The maximum Gasteiger partial charge on any atom is 0.227 e. The molecule has 1 aliphatic rings. The molecule has 1 amide bonds. The fourth-order valence-electron chi connectivity index (χ4n) is 3.06. The Morgan fingerprint density at radius 3 is 2.81 bits per heavy atom. The van der Waals surface area contributed by atoms with Crippen LogP contribution < -0.4 is 10.1 Å². The van der Waals surface area contributed by atoms with Gasteiger partial charge in [0, 0.05) is 19.6 Å². The summed E-state index contributed by atoms with van der Waals surface area (Å²) in [5.41, 5.74) is 3.41. The summed E-state index contributed by atoms with van der Waals surface area (Å²) in [6, 6.07) is 16.1. The van der Waals surface area contributed by atoms with Crippen molar-refractivity contribution in [3.63, 3.8) is 0 Å². The van der Waals surface area contributed by atoms with Gasteiger partial charge < -0.3 is 15.0 Å². The molecule has 3 rings (SSSR count). The van der Waals surface area contributed by atoms with E-state index in [1.807, 2.05) is 41.3 Å². The van der Waals surface area contributed by atoms with Gasteiger partial charge in [0.2, 0.25) is 5.91 Å². The van der Waals surface area contributed by atoms with Crippen molar-refractivity contribution >= 4 is 18.3 Å². The quantitative estimate of drug-likeness (QED) is 0.872. The van der Waals surface area contributed by atoms with Crippen molar-refractivity contribution in [2.75, 3.05) is 26.2 Å². The van der Waals surface area contributed by atoms with Crippen LogP contribution in [0.3, 0.4) is 0 Å². The van der Waals surface area contributed by atoms with Crippen LogP contribution in [0.15, 0.2) is 48.5 Å². The Balaban J connectivity index is 0.00000243. The molecule has 0 radical (unpaired) electrons. The largest absolute Gasteiger partial charge is 0.489 e. The first-order valence-corrected chi connectivity index (χ1v) is 8.97. The fraction of sp³-hybridized carbons (Fsp3) is 0.381. The van der Waals surface area contributed by atoms with Gasteiger partial charge in [0.15, 0.2) is 0 Å². The topological polar surface area (TPSA) is 41.6 Å². The highest BCUT2D eigenvalue weighted by Crippen LogP contribution is 2.17. The van der Waals surface area contributed by atoms with E-state index in [1.165, 1.54) is 11.1 Å². The molecule has 2 aromatic carbocycles. The van der Waals surface area contributed by atoms with E-state index >= 15 is 0 Å². The van der Waals surface area contributed by atoms with Crippen LogP contribution in [0.1, 0.15) is 23.1 Å². The molecule has 0 aliphatic carbocycles. The Morgan fingerprint density at radius 2 is 1.96 bits per heavy atom. The monoisotopic (exact) mass is 374 g/mol. The van der Waals surface area contributed by atoms with Crippen LogP contribution in [-0.4, -0.2) is 37.0 Å². The summed E-state index contributed by atoms with van der Waals surface area (Å²) < 4.78 is 5.93. The number of carbonyl (C=O) groups is 1. The number of benzene rings is 2. The first-order chi connectivity index (χ1) is 12.2. The van der Waals surface area contributed by atoms with Gasteiger partial charge in [-0.25, -0.2) is 0 Å². The minimum Gasteiger partial charge on any atom is -0.489 e. The van der Waals surface area contributed by atoms with Crippen LogP contribution in [0.4, 0.5) is 0 Å². The van der Waals surface area contributed by atoms with E-state index < -0.39 is 0 Å². The molecule has 0 atom stereocenters. The number of nitrogens with one attached hydrogen (secondary N) is 1. The van der Waals surface area contributed by atoms with E-state index in [0.29, 0.717) is 13.0 Å². The van der Waals surface area contributed by atoms with Gasteiger partial charge in [0.1, 0.15) is 12.4 Å². The Hall–Kier alpha value is -2.04. The van der Waals surface area contributed by atoms with E-state index in [2.05, 4.69) is 24.4 Å². The summed E-state index contributed by atoms with van der Waals surface area (Å²) in [4.78, 5) is 14.5. The average molecular weight is 375 g/mol. The van der Waals surface area contributed by atoms with E-state index in [1.54, 1.807) is 0 Å². The highest BCUT2D eigenvalue weighted by molar-refractivity contribution is 5.85. The lowest BCUT2D eigenvalue weighted by Crippen LogP contribution is -2.35. The highest BCUT2D eigenvalue weighted by atomic mass is 35.5. The van der Waals surface area contributed by atoms with Crippen LogP contribution in [-0.2, 0) is 17.8 Å². The van der Waals surface area contributed by atoms with Crippen LogP contribution in [0.25, 0.3) is 0 Å². The van der Waals surface area contributed by atoms with Gasteiger partial charge in [0.25, 0.3) is 0 Å². The lowest BCUT2D eigenvalue weighted by Gasteiger charge is -2.20. The third kappa shape index (κ3) is 5.75. The molecule has 140 valence electrons. The molecule has 0 saturated carbocycles. The predicted molar refractivity (Wildman–Crippen MR) is 107 cm³/mol. The van der Waals surface area contributed by atoms with Gasteiger partial charge in [-0.2, -0.15) is 0 Å². The van der Waals surface area contributed by atoms with E-state index in [9.17, 15) is 4.79 Å². The zero-order chi connectivity index (χ0) is 17.5. The first-order valence-electron chi connectivity index (χ1n) is 8.97. The van der Waals surface area contributed by atoms with Gasteiger partial charge in [0.05, 0.1) is 6.42 Å². The van der Waals surface area contributed by atoms with Crippen molar-refractivity contribution in [3.05, 3.63) is 65.2 Å². The first kappa shape index (κ1) is 20.3. The molecule has 0 spiro atoms. The molecule has 0 unspecified atom stereocenters. The third-order valence-electron chi connectivity index (χ3n) is 4.60. The molecule has 1 heterocycles. The van der Waals surface area contributed by atoms with Crippen molar-refractivity contribution in [2.45, 2.75) is 26.4 Å². The molecule has 5 heteroatoms. The molecule has 0 aromatic heterocycles. The number of hydrogen-bond acceptors (Lipinski definition) is 3. The summed E-state index contributed by atoms with van der Waals surface area (Å²) in [7, 11) is 0. The molecule has 0 bridgehead atoms. The van der Waals surface area contributed by atoms with Crippen LogP contribution >= 0.6 is 12.4 Å². The minimum absolute atomic E-state index is 0. The van der Waals surface area contributed by atoms with Crippen LogP contribution in [0, 0.1) is 6.92 Å². The van der Waals surface area contributed by atoms with Crippen LogP contribution in [0.5, 0.6) is 5.75 Å². The van der Waals surface area contributed by atoms with E-state index in [4.69, 9.17) is 4.74 Å². The minimum atomic E-state index is 0. The SMILES string of the molecule is Cc1ccccc1COc1cccc(CC(=O)N2CCCNCC2)c1.Cl. The standard InChI is InChI=1S/C21H26N2O2.ClH/c1-17-6-2-3-8-19(17)16-25-20-9-4-7-18(14-20)15-21(24)23-12-5-10-22-11-13-23;/h2-4,6-9,14,22H,5,10-13,15-16H2,1H3;1H. The number of hydrogen-bond donors (Lipinski definition) is 1. The number of aryl methyl sites for hydroxylation is 1. The summed E-state index contributed by atoms with van der Waals surface area (Å²) in [5, 5.41) is 3.33. The molecule has 1 N–H and O–H groups in total. The molecule has 1 saturated heterocycles. The number of carbonyl (C=O) groups excluding carboxylic acids is 1. The second-order valence-electron chi connectivity index (χ2n) is 6.52. The van der Waals surface area contributed by atoms with Gasteiger partial charge in [-0.05, 0) is 48.7 Å². The number of nitrogens with zero attached hydrogens (tertiary/aromatic N) is 1. The smallest absolute Gasteiger partial charge is 0.227 e. The highest BCUT2D eigenvalue weighted by Gasteiger charge is 2.15. The van der Waals surface area contributed by atoms with Crippen LogP contribution in [0.2, 0.25) is 0 Å². The maximum absolute atomic E-state index is 12.5. The number of rotatable bonds is 5. The molecule has 1 fully saturated rings. The summed E-state index contributed by atoms with van der Waals surface area (Å²) in [6.07, 6.45) is 1.45. The molecule has 2 aromatic rings. The Morgan fingerprint density at radius 1 is 1.12 bits per heavy atom. The normalized spacial score (nSPS) is 14.3. The number of ether oxygens (including phenoxy) is 1. The van der Waals surface area contributed by atoms with E-state index in [-0.39, 0.29) is 18.3 Å². The summed E-state index contributed by atoms with van der Waals surface area (Å²) in [5.74, 6) is 1.01. The Labute approximate surface area is 162 Å². The predicted octanol–water partition coefficient (Wildman–Crippen LogP) is 3.36. The molecule has 26 heavy (non-hydrogen) atoms. The zero-order valence-electron chi connectivity index (χ0n) is 15.2. The van der Waals surface area contributed by atoms with Crippen molar-refractivity contribution in [1.29, 1.82) is 0 Å². The maximum atomic E-state index is 12.5. The molecular formula is C21H27ClN2O2. The second-order valence-corrected chi connectivity index (χ2v) is 6.52. The molecular weight excluding hydrogens is 348 g/mol. The van der Waals surface area contributed by atoms with Crippen molar-refractivity contribution in [3.8, 4) is 5.75 Å².